The highest BCUT2D eigenvalue weighted by molar-refractivity contribution is 8.00. The van der Waals surface area contributed by atoms with Gasteiger partial charge in [-0.15, -0.1) is 11.8 Å². The van der Waals surface area contributed by atoms with Gasteiger partial charge < -0.3 is 0 Å². The average molecular weight is 375 g/mol. The molecule has 0 bridgehead atoms. The van der Waals surface area contributed by atoms with Gasteiger partial charge in [-0.25, -0.2) is 5.43 Å². The quantitative estimate of drug-likeness (QED) is 0.440. The molecule has 0 aromatic heterocycles. The lowest BCUT2D eigenvalue weighted by Crippen LogP contribution is -2.21. The van der Waals surface area contributed by atoms with Crippen molar-refractivity contribution in [3.05, 3.63) is 64.7 Å². The fraction of sp³-hybridized carbons (Fsp3) is 0.300. The summed E-state index contributed by atoms with van der Waals surface area (Å²) in [6.45, 7) is 8.43. The van der Waals surface area contributed by atoms with Crippen LogP contribution in [0.4, 0.5) is 0 Å². The van der Waals surface area contributed by atoms with Crippen LogP contribution < -0.4 is 5.43 Å². The zero-order valence-electron chi connectivity index (χ0n) is 15.0. The second-order valence-corrected chi connectivity index (χ2v) is 8.29. The lowest BCUT2D eigenvalue weighted by atomic mass is 9.86. The number of nitrogens with one attached hydrogen (secondary N) is 1. The third-order valence-corrected chi connectivity index (χ3v) is 4.96. The van der Waals surface area contributed by atoms with Crippen molar-refractivity contribution in [3.8, 4) is 0 Å². The van der Waals surface area contributed by atoms with E-state index in [2.05, 4.69) is 43.4 Å². The van der Waals surface area contributed by atoms with Crippen LogP contribution in [0.1, 0.15) is 38.8 Å². The number of rotatable bonds is 5. The monoisotopic (exact) mass is 374 g/mol. The van der Waals surface area contributed by atoms with Crippen molar-refractivity contribution in [2.45, 2.75) is 38.0 Å². The Morgan fingerprint density at radius 3 is 2.24 bits per heavy atom. The van der Waals surface area contributed by atoms with Crippen LogP contribution in [-0.2, 0) is 10.2 Å². The van der Waals surface area contributed by atoms with Gasteiger partial charge in [0.2, 0.25) is 5.91 Å². The zero-order valence-corrected chi connectivity index (χ0v) is 16.5. The molecular weight excluding hydrogens is 352 g/mol. The summed E-state index contributed by atoms with van der Waals surface area (Å²) in [5, 5.41) is 4.88. The van der Waals surface area contributed by atoms with E-state index in [-0.39, 0.29) is 11.3 Å². The Bertz CT molecular complexity index is 747. The van der Waals surface area contributed by atoms with Crippen molar-refractivity contribution in [1.82, 2.24) is 5.43 Å². The molecule has 0 radical (unpaired) electrons. The van der Waals surface area contributed by atoms with Gasteiger partial charge in [-0.3, -0.25) is 4.79 Å². The van der Waals surface area contributed by atoms with Gasteiger partial charge in [0.05, 0.1) is 11.5 Å². The van der Waals surface area contributed by atoms with E-state index in [0.29, 0.717) is 10.8 Å². The van der Waals surface area contributed by atoms with Gasteiger partial charge in [0.15, 0.2) is 0 Å². The SMILES string of the molecule is C/C(=N/NC(=O)CSc1ccc(Cl)cc1)c1ccc(C(C)(C)C)cc1. The first-order valence-corrected chi connectivity index (χ1v) is 9.44. The highest BCUT2D eigenvalue weighted by Crippen LogP contribution is 2.22. The van der Waals surface area contributed by atoms with Crippen LogP contribution in [0.25, 0.3) is 0 Å². The first kappa shape index (κ1) is 19.5. The molecular formula is C20H23ClN2OS. The number of hydrogen-bond acceptors (Lipinski definition) is 3. The van der Waals surface area contributed by atoms with Crippen LogP contribution in [0.2, 0.25) is 5.02 Å². The fourth-order valence-corrected chi connectivity index (χ4v) is 2.95. The first-order chi connectivity index (χ1) is 11.8. The van der Waals surface area contributed by atoms with Crippen LogP contribution in [-0.4, -0.2) is 17.4 Å². The van der Waals surface area contributed by atoms with Gasteiger partial charge >= 0.3 is 0 Å². The number of benzene rings is 2. The number of nitrogens with zero attached hydrogens (tertiary/aromatic N) is 1. The normalized spacial score (nSPS) is 12.1. The number of thioether (sulfide) groups is 1. The Morgan fingerprint density at radius 2 is 1.68 bits per heavy atom. The van der Waals surface area contributed by atoms with Gasteiger partial charge in [0.25, 0.3) is 0 Å². The Labute approximate surface area is 158 Å². The molecule has 0 spiro atoms. The maximum atomic E-state index is 11.9. The van der Waals surface area contributed by atoms with Crippen molar-refractivity contribution in [1.29, 1.82) is 0 Å². The molecule has 2 rings (SSSR count). The smallest absolute Gasteiger partial charge is 0.250 e. The van der Waals surface area contributed by atoms with E-state index in [9.17, 15) is 4.79 Å². The number of hydrogen-bond donors (Lipinski definition) is 1. The van der Waals surface area contributed by atoms with E-state index in [1.165, 1.54) is 17.3 Å². The molecule has 0 saturated carbocycles. The van der Waals surface area contributed by atoms with E-state index in [4.69, 9.17) is 11.6 Å². The van der Waals surface area contributed by atoms with E-state index in [0.717, 1.165) is 16.2 Å². The molecule has 25 heavy (non-hydrogen) atoms. The molecule has 5 heteroatoms. The van der Waals surface area contributed by atoms with Gasteiger partial charge in [-0.2, -0.15) is 5.10 Å². The van der Waals surface area contributed by atoms with Crippen molar-refractivity contribution >= 4 is 35.0 Å². The number of amides is 1. The summed E-state index contributed by atoms with van der Waals surface area (Å²) in [6.07, 6.45) is 0. The molecule has 1 N–H and O–H groups in total. The molecule has 1 amide bonds. The Hall–Kier alpha value is -1.78. The summed E-state index contributed by atoms with van der Waals surface area (Å²) >= 11 is 7.29. The van der Waals surface area contributed by atoms with Crippen molar-refractivity contribution in [2.75, 3.05) is 5.75 Å². The predicted octanol–water partition coefficient (Wildman–Crippen LogP) is 5.27. The Balaban J connectivity index is 1.89. The summed E-state index contributed by atoms with van der Waals surface area (Å²) < 4.78 is 0. The summed E-state index contributed by atoms with van der Waals surface area (Å²) in [6, 6.07) is 15.7. The molecule has 2 aromatic carbocycles. The third-order valence-electron chi connectivity index (χ3n) is 3.70. The predicted molar refractivity (Wildman–Crippen MR) is 108 cm³/mol. The van der Waals surface area contributed by atoms with Gasteiger partial charge in [-0.05, 0) is 47.7 Å². The van der Waals surface area contributed by atoms with Crippen molar-refractivity contribution in [3.63, 3.8) is 0 Å². The van der Waals surface area contributed by atoms with E-state index >= 15 is 0 Å². The Kier molecular flexibility index (Phi) is 6.68. The third kappa shape index (κ3) is 6.22. The summed E-state index contributed by atoms with van der Waals surface area (Å²) in [4.78, 5) is 12.9. The maximum absolute atomic E-state index is 11.9. The van der Waals surface area contributed by atoms with Crippen molar-refractivity contribution in [2.24, 2.45) is 5.10 Å². The van der Waals surface area contributed by atoms with E-state index < -0.39 is 0 Å². The number of hydrazone groups is 1. The average Bonchev–Trinajstić information content (AvgIpc) is 2.58. The maximum Gasteiger partial charge on any atom is 0.250 e. The molecule has 0 aliphatic rings. The van der Waals surface area contributed by atoms with Gasteiger partial charge in [0, 0.05) is 9.92 Å². The molecule has 0 fully saturated rings. The topological polar surface area (TPSA) is 41.5 Å². The molecule has 132 valence electrons. The van der Waals surface area contributed by atoms with Crippen LogP contribution in [0.3, 0.4) is 0 Å². The molecule has 0 atom stereocenters. The minimum absolute atomic E-state index is 0.122. The molecule has 0 aliphatic heterocycles. The van der Waals surface area contributed by atoms with E-state index in [1.54, 1.807) is 0 Å². The molecule has 0 unspecified atom stereocenters. The number of carbonyl (C=O) groups is 1. The first-order valence-electron chi connectivity index (χ1n) is 8.08. The molecule has 0 heterocycles. The van der Waals surface area contributed by atoms with Gasteiger partial charge in [-0.1, -0.05) is 56.6 Å². The summed E-state index contributed by atoms with van der Waals surface area (Å²) in [7, 11) is 0. The second-order valence-electron chi connectivity index (χ2n) is 6.80. The van der Waals surface area contributed by atoms with Crippen molar-refractivity contribution < 1.29 is 4.79 Å². The van der Waals surface area contributed by atoms with Crippen LogP contribution >= 0.6 is 23.4 Å². The highest BCUT2D eigenvalue weighted by Gasteiger charge is 2.13. The van der Waals surface area contributed by atoms with Crippen LogP contribution in [0.15, 0.2) is 58.5 Å². The lowest BCUT2D eigenvalue weighted by molar-refractivity contribution is -0.118. The number of carbonyl (C=O) groups excluding carboxylic acids is 1. The largest absolute Gasteiger partial charge is 0.272 e. The molecule has 2 aromatic rings. The van der Waals surface area contributed by atoms with Crippen LogP contribution in [0.5, 0.6) is 0 Å². The second kappa shape index (κ2) is 8.54. The minimum atomic E-state index is -0.134. The minimum Gasteiger partial charge on any atom is -0.272 e. The molecule has 3 nitrogen and oxygen atoms in total. The zero-order chi connectivity index (χ0) is 18.4. The fourth-order valence-electron chi connectivity index (χ4n) is 2.13. The van der Waals surface area contributed by atoms with E-state index in [1.807, 2.05) is 43.3 Å². The molecule has 0 aliphatic carbocycles. The molecule has 0 saturated heterocycles. The summed E-state index contributed by atoms with van der Waals surface area (Å²) in [5.41, 5.74) is 5.78. The Morgan fingerprint density at radius 1 is 1.08 bits per heavy atom. The van der Waals surface area contributed by atoms with Gasteiger partial charge in [0.1, 0.15) is 0 Å². The standard InChI is InChI=1S/C20H23ClN2OS/c1-14(15-5-7-16(8-6-15)20(2,3)4)22-23-19(24)13-25-18-11-9-17(21)10-12-18/h5-12H,13H2,1-4H3,(H,23,24)/b22-14-. The lowest BCUT2D eigenvalue weighted by Gasteiger charge is -2.19. The summed E-state index contributed by atoms with van der Waals surface area (Å²) in [5.74, 6) is 0.173. The van der Waals surface area contributed by atoms with Crippen LogP contribution in [0, 0.1) is 0 Å². The highest BCUT2D eigenvalue weighted by atomic mass is 35.5. The number of halogens is 1.